The smallest absolute Gasteiger partial charge is 0.226 e. The standard InChI is InChI=1S/C20H31N7O/c1-13(2)26-17-18(21-12-16-9-7-6-8-10-16)23-20(22-11-15(5)28)24-19(17)27(25-26)14(3)4/h6-10,13-15,25,28H,11-12H2,1-5H3,(H2,21,22,23,24). The predicted molar refractivity (Wildman–Crippen MR) is 114 cm³/mol. The van der Waals surface area contributed by atoms with Crippen LogP contribution in [0, 0.1) is 0 Å². The van der Waals surface area contributed by atoms with Gasteiger partial charge in [0.05, 0.1) is 6.10 Å². The van der Waals surface area contributed by atoms with Gasteiger partial charge in [-0.15, -0.1) is 5.53 Å². The third kappa shape index (κ3) is 4.45. The SMILES string of the molecule is CC(O)CNc1nc(NCc2ccccc2)c2c(n1)N(C(C)C)NN2C(C)C. The number of rotatable bonds is 8. The van der Waals surface area contributed by atoms with E-state index in [2.05, 4.69) is 61.0 Å². The minimum atomic E-state index is -0.482. The summed E-state index contributed by atoms with van der Waals surface area (Å²) in [5, 5.41) is 20.3. The summed E-state index contributed by atoms with van der Waals surface area (Å²) in [6.45, 7) is 11.3. The number of aromatic nitrogens is 2. The van der Waals surface area contributed by atoms with Crippen LogP contribution < -0.4 is 26.2 Å². The lowest BCUT2D eigenvalue weighted by Gasteiger charge is -2.27. The first-order valence-corrected chi connectivity index (χ1v) is 9.83. The zero-order valence-electron chi connectivity index (χ0n) is 17.3. The monoisotopic (exact) mass is 385 g/mol. The highest BCUT2D eigenvalue weighted by molar-refractivity contribution is 5.83. The Balaban J connectivity index is 1.98. The molecule has 0 spiro atoms. The summed E-state index contributed by atoms with van der Waals surface area (Å²) >= 11 is 0. The molecule has 1 aromatic carbocycles. The molecule has 0 fully saturated rings. The van der Waals surface area contributed by atoms with Gasteiger partial charge in [0.1, 0.15) is 5.69 Å². The normalized spacial score (nSPS) is 14.6. The van der Waals surface area contributed by atoms with E-state index in [-0.39, 0.29) is 12.1 Å². The molecule has 0 radical (unpaired) electrons. The molecule has 1 atom stereocenters. The summed E-state index contributed by atoms with van der Waals surface area (Å²) in [4.78, 5) is 9.43. The Kier molecular flexibility index (Phi) is 6.21. The molecule has 1 aliphatic heterocycles. The molecule has 1 aromatic heterocycles. The van der Waals surface area contributed by atoms with E-state index in [0.29, 0.717) is 19.0 Å². The molecule has 2 heterocycles. The molecule has 4 N–H and O–H groups in total. The third-order valence-electron chi connectivity index (χ3n) is 4.44. The molecule has 0 saturated carbocycles. The van der Waals surface area contributed by atoms with Crippen LogP contribution in [-0.4, -0.2) is 39.8 Å². The number of hydrogen-bond donors (Lipinski definition) is 4. The van der Waals surface area contributed by atoms with Crippen LogP contribution in [0.2, 0.25) is 0 Å². The van der Waals surface area contributed by atoms with Gasteiger partial charge in [0.2, 0.25) is 5.95 Å². The molecule has 0 amide bonds. The Hall–Kier alpha value is -2.58. The number of nitrogens with one attached hydrogen (secondary N) is 3. The summed E-state index contributed by atoms with van der Waals surface area (Å²) in [6.07, 6.45) is -0.482. The highest BCUT2D eigenvalue weighted by Gasteiger charge is 2.34. The van der Waals surface area contributed by atoms with Gasteiger partial charge in [-0.05, 0) is 40.2 Å². The largest absolute Gasteiger partial charge is 0.392 e. The van der Waals surface area contributed by atoms with Crippen molar-refractivity contribution in [3.63, 3.8) is 0 Å². The van der Waals surface area contributed by atoms with Crippen LogP contribution >= 0.6 is 0 Å². The van der Waals surface area contributed by atoms with Crippen molar-refractivity contribution in [1.29, 1.82) is 0 Å². The summed E-state index contributed by atoms with van der Waals surface area (Å²) in [5.41, 5.74) is 5.54. The van der Waals surface area contributed by atoms with Crippen molar-refractivity contribution in [1.82, 2.24) is 15.5 Å². The highest BCUT2D eigenvalue weighted by atomic mass is 16.3. The fourth-order valence-electron chi connectivity index (χ4n) is 3.00. The first kappa shape index (κ1) is 20.2. The lowest BCUT2D eigenvalue weighted by Crippen LogP contribution is -2.50. The molecule has 3 rings (SSSR count). The Morgan fingerprint density at radius 1 is 0.964 bits per heavy atom. The summed E-state index contributed by atoms with van der Waals surface area (Å²) in [7, 11) is 0. The fourth-order valence-corrected chi connectivity index (χ4v) is 3.00. The number of hydrazine groups is 2. The van der Waals surface area contributed by atoms with Gasteiger partial charge < -0.3 is 15.7 Å². The molecule has 1 unspecified atom stereocenters. The van der Waals surface area contributed by atoms with E-state index in [1.54, 1.807) is 6.92 Å². The maximum Gasteiger partial charge on any atom is 0.226 e. The van der Waals surface area contributed by atoms with Gasteiger partial charge in [-0.1, -0.05) is 30.3 Å². The average molecular weight is 386 g/mol. The second-order valence-corrected chi connectivity index (χ2v) is 7.66. The highest BCUT2D eigenvalue weighted by Crippen LogP contribution is 2.40. The molecule has 0 bridgehead atoms. The number of aliphatic hydroxyl groups excluding tert-OH is 1. The van der Waals surface area contributed by atoms with E-state index in [1.165, 1.54) is 5.56 Å². The summed E-state index contributed by atoms with van der Waals surface area (Å²) < 4.78 is 0. The van der Waals surface area contributed by atoms with Crippen molar-refractivity contribution in [2.45, 2.75) is 59.4 Å². The Morgan fingerprint density at radius 3 is 2.25 bits per heavy atom. The van der Waals surface area contributed by atoms with E-state index in [4.69, 9.17) is 9.97 Å². The van der Waals surface area contributed by atoms with Gasteiger partial charge in [-0.25, -0.2) is 0 Å². The molecule has 152 valence electrons. The minimum absolute atomic E-state index is 0.212. The second kappa shape index (κ2) is 8.62. The molecule has 8 heteroatoms. The Labute approximate surface area is 166 Å². The molecule has 1 aliphatic rings. The van der Waals surface area contributed by atoms with Crippen molar-refractivity contribution in [3.8, 4) is 0 Å². The lowest BCUT2D eigenvalue weighted by molar-refractivity contribution is 0.208. The van der Waals surface area contributed by atoms with Crippen LogP contribution in [0.15, 0.2) is 30.3 Å². The van der Waals surface area contributed by atoms with Crippen molar-refractivity contribution >= 4 is 23.3 Å². The zero-order chi connectivity index (χ0) is 20.3. The third-order valence-corrected chi connectivity index (χ3v) is 4.44. The number of anilines is 4. The quantitative estimate of drug-likeness (QED) is 0.552. The van der Waals surface area contributed by atoms with Crippen LogP contribution in [0.3, 0.4) is 0 Å². The molecule has 8 nitrogen and oxygen atoms in total. The number of benzene rings is 1. The number of fused-ring (bicyclic) bond motifs is 1. The Morgan fingerprint density at radius 2 is 1.64 bits per heavy atom. The van der Waals surface area contributed by atoms with Gasteiger partial charge >= 0.3 is 0 Å². The number of hydrogen-bond acceptors (Lipinski definition) is 8. The number of aliphatic hydroxyl groups is 1. The van der Waals surface area contributed by atoms with E-state index in [1.807, 2.05) is 23.2 Å². The van der Waals surface area contributed by atoms with Gasteiger partial charge in [0, 0.05) is 25.2 Å². The zero-order valence-corrected chi connectivity index (χ0v) is 17.3. The molecular weight excluding hydrogens is 354 g/mol. The first-order chi connectivity index (χ1) is 13.4. The molecule has 0 saturated heterocycles. The first-order valence-electron chi connectivity index (χ1n) is 9.83. The Bertz CT molecular complexity index is 780. The second-order valence-electron chi connectivity index (χ2n) is 7.66. The van der Waals surface area contributed by atoms with Crippen molar-refractivity contribution in [2.75, 3.05) is 27.2 Å². The van der Waals surface area contributed by atoms with E-state index in [0.717, 1.165) is 17.3 Å². The van der Waals surface area contributed by atoms with Crippen LogP contribution in [0.4, 0.5) is 23.3 Å². The van der Waals surface area contributed by atoms with Crippen molar-refractivity contribution in [3.05, 3.63) is 35.9 Å². The van der Waals surface area contributed by atoms with Gasteiger partial charge in [0.15, 0.2) is 11.6 Å². The van der Waals surface area contributed by atoms with E-state index >= 15 is 0 Å². The van der Waals surface area contributed by atoms with Gasteiger partial charge in [-0.3, -0.25) is 10.0 Å². The van der Waals surface area contributed by atoms with E-state index < -0.39 is 6.10 Å². The fraction of sp³-hybridized carbons (Fsp3) is 0.500. The minimum Gasteiger partial charge on any atom is -0.392 e. The molecule has 2 aromatic rings. The van der Waals surface area contributed by atoms with Gasteiger partial charge in [0.25, 0.3) is 0 Å². The molecule has 0 aliphatic carbocycles. The summed E-state index contributed by atoms with van der Waals surface area (Å²) in [6, 6.07) is 10.7. The maximum absolute atomic E-state index is 9.62. The van der Waals surface area contributed by atoms with E-state index in [9.17, 15) is 5.11 Å². The molecule has 28 heavy (non-hydrogen) atoms. The number of nitrogens with zero attached hydrogens (tertiary/aromatic N) is 4. The average Bonchev–Trinajstić information content (AvgIpc) is 3.05. The maximum atomic E-state index is 9.62. The van der Waals surface area contributed by atoms with Crippen LogP contribution in [0.25, 0.3) is 0 Å². The molecular formula is C20H31N7O. The van der Waals surface area contributed by atoms with Crippen molar-refractivity contribution in [2.24, 2.45) is 0 Å². The van der Waals surface area contributed by atoms with Gasteiger partial charge in [-0.2, -0.15) is 9.97 Å². The van der Waals surface area contributed by atoms with Crippen molar-refractivity contribution < 1.29 is 5.11 Å². The van der Waals surface area contributed by atoms with Crippen LogP contribution in [-0.2, 0) is 6.54 Å². The summed E-state index contributed by atoms with van der Waals surface area (Å²) in [5.74, 6) is 2.07. The predicted octanol–water partition coefficient (Wildman–Crippen LogP) is 2.74. The lowest BCUT2D eigenvalue weighted by atomic mass is 10.2. The van der Waals surface area contributed by atoms with Crippen LogP contribution in [0.1, 0.15) is 40.2 Å². The van der Waals surface area contributed by atoms with Crippen LogP contribution in [0.5, 0.6) is 0 Å². The topological polar surface area (TPSA) is 88.6 Å².